The first-order valence-electron chi connectivity index (χ1n) is 9.70. The van der Waals surface area contributed by atoms with Crippen LogP contribution in [0.15, 0.2) is 23.5 Å². The topological polar surface area (TPSA) is 26.3 Å². The second kappa shape index (κ2) is 5.79. The van der Waals surface area contributed by atoms with E-state index in [2.05, 4.69) is 26.0 Å². The molecule has 0 radical (unpaired) electrons. The maximum Gasteiger partial charge on any atom is 0.317 e. The zero-order chi connectivity index (χ0) is 16.0. The van der Waals surface area contributed by atoms with Crippen molar-refractivity contribution in [2.24, 2.45) is 29.1 Å². The van der Waals surface area contributed by atoms with Gasteiger partial charge in [0.05, 0.1) is 5.41 Å². The fourth-order valence-electron chi connectivity index (χ4n) is 5.98. The molecule has 0 amide bonds. The van der Waals surface area contributed by atoms with Gasteiger partial charge in [-0.3, -0.25) is 4.79 Å². The molecule has 1 unspecified atom stereocenters. The lowest BCUT2D eigenvalue weighted by Gasteiger charge is -2.55. The Hall–Kier alpha value is -1.05. The van der Waals surface area contributed by atoms with Gasteiger partial charge in [-0.15, -0.1) is 0 Å². The van der Waals surface area contributed by atoms with Crippen molar-refractivity contribution < 1.29 is 9.53 Å². The highest BCUT2D eigenvalue weighted by atomic mass is 16.5. The highest BCUT2D eigenvalue weighted by Crippen LogP contribution is 2.60. The van der Waals surface area contributed by atoms with Crippen LogP contribution in [0.3, 0.4) is 0 Å². The van der Waals surface area contributed by atoms with Crippen LogP contribution < -0.4 is 0 Å². The predicted molar refractivity (Wildman–Crippen MR) is 91.6 cm³/mol. The molecule has 126 valence electrons. The molecule has 1 atom stereocenters. The molecular weight excluding hydrogens is 284 g/mol. The molecule has 0 aliphatic heterocycles. The molecule has 0 aromatic carbocycles. The van der Waals surface area contributed by atoms with Gasteiger partial charge in [0.1, 0.15) is 5.76 Å². The van der Waals surface area contributed by atoms with E-state index >= 15 is 0 Å². The Labute approximate surface area is 140 Å². The monoisotopic (exact) mass is 314 g/mol. The van der Waals surface area contributed by atoms with Gasteiger partial charge >= 0.3 is 5.97 Å². The van der Waals surface area contributed by atoms with Crippen molar-refractivity contribution in [1.82, 2.24) is 0 Å². The third-order valence-electron chi connectivity index (χ3n) is 7.08. The number of ether oxygens (including phenoxy) is 1. The SMILES string of the molecule is CCC(C)C1=CC=C(OC(=O)C23CC4CC(CC(C4)C2)C3)CC1. The van der Waals surface area contributed by atoms with Crippen LogP contribution in [0.2, 0.25) is 0 Å². The molecular formula is C21H30O2. The van der Waals surface area contributed by atoms with E-state index < -0.39 is 0 Å². The average molecular weight is 314 g/mol. The fraction of sp³-hybridized carbons (Fsp3) is 0.762. The van der Waals surface area contributed by atoms with E-state index in [9.17, 15) is 4.79 Å². The van der Waals surface area contributed by atoms with Crippen molar-refractivity contribution in [3.05, 3.63) is 23.5 Å². The Morgan fingerprint density at radius 2 is 1.74 bits per heavy atom. The first kappa shape index (κ1) is 15.5. The fourth-order valence-corrected chi connectivity index (χ4v) is 5.98. The standard InChI is InChI=1S/C21H30O2/c1-3-14(2)18-4-6-19(7-5-18)23-20(22)21-11-15-8-16(12-21)10-17(9-15)13-21/h4,6,14-17H,3,5,7-13H2,1-2H3. The van der Waals surface area contributed by atoms with Crippen molar-refractivity contribution in [1.29, 1.82) is 0 Å². The number of allylic oxidation sites excluding steroid dienone is 4. The smallest absolute Gasteiger partial charge is 0.317 e. The summed E-state index contributed by atoms with van der Waals surface area (Å²) in [6, 6.07) is 0. The predicted octanol–water partition coefficient (Wildman–Crippen LogP) is 5.40. The van der Waals surface area contributed by atoms with Gasteiger partial charge in [-0.05, 0) is 81.1 Å². The lowest BCUT2D eigenvalue weighted by atomic mass is 9.49. The lowest BCUT2D eigenvalue weighted by Crippen LogP contribution is -2.50. The second-order valence-corrected chi connectivity index (χ2v) is 8.77. The van der Waals surface area contributed by atoms with E-state index in [0.717, 1.165) is 55.6 Å². The van der Waals surface area contributed by atoms with Crippen LogP contribution >= 0.6 is 0 Å². The largest absolute Gasteiger partial charge is 0.431 e. The van der Waals surface area contributed by atoms with Crippen LogP contribution in [0.25, 0.3) is 0 Å². The molecule has 0 saturated heterocycles. The molecule has 23 heavy (non-hydrogen) atoms. The minimum atomic E-state index is -0.129. The van der Waals surface area contributed by atoms with Gasteiger partial charge in [0, 0.05) is 6.42 Å². The number of hydrogen-bond acceptors (Lipinski definition) is 2. The summed E-state index contributed by atoms with van der Waals surface area (Å²) in [6.07, 6.45) is 14.8. The van der Waals surface area contributed by atoms with E-state index in [1.54, 1.807) is 0 Å². The van der Waals surface area contributed by atoms with Crippen LogP contribution in [0.1, 0.15) is 71.6 Å². The Bertz CT molecular complexity index is 519. The highest BCUT2D eigenvalue weighted by molar-refractivity contribution is 5.78. The summed E-state index contributed by atoms with van der Waals surface area (Å²) in [5.74, 6) is 4.04. The summed E-state index contributed by atoms with van der Waals surface area (Å²) >= 11 is 0. The van der Waals surface area contributed by atoms with Gasteiger partial charge in [0.15, 0.2) is 0 Å². The van der Waals surface area contributed by atoms with E-state index in [4.69, 9.17) is 4.74 Å². The summed E-state index contributed by atoms with van der Waals surface area (Å²) < 4.78 is 5.92. The number of esters is 1. The van der Waals surface area contributed by atoms with Gasteiger partial charge < -0.3 is 4.74 Å². The molecule has 0 aromatic heterocycles. The minimum absolute atomic E-state index is 0.100. The number of hydrogen-bond donors (Lipinski definition) is 0. The molecule has 2 heteroatoms. The van der Waals surface area contributed by atoms with E-state index in [-0.39, 0.29) is 11.4 Å². The van der Waals surface area contributed by atoms with Crippen molar-refractivity contribution in [2.75, 3.05) is 0 Å². The molecule has 0 spiro atoms. The number of carbonyl (C=O) groups excluding carboxylic acids is 1. The number of carbonyl (C=O) groups is 1. The molecule has 4 bridgehead atoms. The third-order valence-corrected chi connectivity index (χ3v) is 7.08. The molecule has 0 N–H and O–H groups in total. The van der Waals surface area contributed by atoms with Crippen LogP contribution in [0.5, 0.6) is 0 Å². The Morgan fingerprint density at radius 3 is 2.22 bits per heavy atom. The van der Waals surface area contributed by atoms with Gasteiger partial charge in [-0.2, -0.15) is 0 Å². The molecule has 0 aromatic rings. The second-order valence-electron chi connectivity index (χ2n) is 8.77. The van der Waals surface area contributed by atoms with Crippen LogP contribution in [0.4, 0.5) is 0 Å². The molecule has 5 aliphatic rings. The van der Waals surface area contributed by atoms with E-state index in [1.807, 2.05) is 0 Å². The normalized spacial score (nSPS) is 39.7. The molecule has 4 fully saturated rings. The van der Waals surface area contributed by atoms with Gasteiger partial charge in [-0.1, -0.05) is 25.5 Å². The summed E-state index contributed by atoms with van der Waals surface area (Å²) in [5, 5.41) is 0. The maximum atomic E-state index is 13.0. The minimum Gasteiger partial charge on any atom is -0.431 e. The molecule has 2 nitrogen and oxygen atoms in total. The van der Waals surface area contributed by atoms with Crippen LogP contribution in [0, 0.1) is 29.1 Å². The van der Waals surface area contributed by atoms with Crippen LogP contribution in [-0.4, -0.2) is 5.97 Å². The summed E-state index contributed by atoms with van der Waals surface area (Å²) in [5.41, 5.74) is 1.37. The van der Waals surface area contributed by atoms with Crippen molar-refractivity contribution in [3.63, 3.8) is 0 Å². The van der Waals surface area contributed by atoms with Crippen molar-refractivity contribution >= 4 is 5.97 Å². The van der Waals surface area contributed by atoms with Gasteiger partial charge in [0.2, 0.25) is 0 Å². The van der Waals surface area contributed by atoms with Crippen molar-refractivity contribution in [2.45, 2.75) is 71.6 Å². The Morgan fingerprint density at radius 1 is 1.13 bits per heavy atom. The van der Waals surface area contributed by atoms with E-state index in [0.29, 0.717) is 5.92 Å². The first-order chi connectivity index (χ1) is 11.1. The highest BCUT2D eigenvalue weighted by Gasteiger charge is 2.55. The van der Waals surface area contributed by atoms with E-state index in [1.165, 1.54) is 31.3 Å². The third kappa shape index (κ3) is 2.79. The lowest BCUT2D eigenvalue weighted by molar-refractivity contribution is -0.167. The zero-order valence-corrected chi connectivity index (χ0v) is 14.6. The molecule has 5 aliphatic carbocycles. The molecule has 4 saturated carbocycles. The Balaban J connectivity index is 1.45. The summed E-state index contributed by atoms with van der Waals surface area (Å²) in [6.45, 7) is 4.52. The summed E-state index contributed by atoms with van der Waals surface area (Å²) in [4.78, 5) is 13.0. The van der Waals surface area contributed by atoms with Crippen molar-refractivity contribution in [3.8, 4) is 0 Å². The van der Waals surface area contributed by atoms with Gasteiger partial charge in [-0.25, -0.2) is 0 Å². The Kier molecular flexibility index (Phi) is 3.90. The molecule has 0 heterocycles. The summed E-state index contributed by atoms with van der Waals surface area (Å²) in [7, 11) is 0. The van der Waals surface area contributed by atoms with Crippen LogP contribution in [-0.2, 0) is 9.53 Å². The quantitative estimate of drug-likeness (QED) is 0.650. The van der Waals surface area contributed by atoms with Gasteiger partial charge in [0.25, 0.3) is 0 Å². The zero-order valence-electron chi connectivity index (χ0n) is 14.6. The molecule has 5 rings (SSSR count). The maximum absolute atomic E-state index is 13.0. The number of rotatable bonds is 4. The average Bonchev–Trinajstić information content (AvgIpc) is 2.53. The first-order valence-corrected chi connectivity index (χ1v) is 9.70.